The first-order chi connectivity index (χ1) is 8.08. The van der Waals surface area contributed by atoms with Gasteiger partial charge in [0.2, 0.25) is 0 Å². The van der Waals surface area contributed by atoms with Crippen LogP contribution < -0.4 is 0 Å². The van der Waals surface area contributed by atoms with Crippen molar-refractivity contribution in [2.45, 2.75) is 45.3 Å². The second kappa shape index (κ2) is 5.27. The van der Waals surface area contributed by atoms with Crippen LogP contribution in [-0.2, 0) is 14.9 Å². The molecule has 0 aromatic carbocycles. The Hall–Kier alpha value is -1.08. The van der Waals surface area contributed by atoms with E-state index >= 15 is 0 Å². The number of nitrogens with zero attached hydrogens (tertiary/aromatic N) is 1. The van der Waals surface area contributed by atoms with Gasteiger partial charge in [-0.05, 0) is 39.7 Å². The van der Waals surface area contributed by atoms with Gasteiger partial charge in [0, 0.05) is 6.54 Å². The number of amides is 1. The van der Waals surface area contributed by atoms with Gasteiger partial charge in [0.15, 0.2) is 0 Å². The highest BCUT2D eigenvalue weighted by molar-refractivity contribution is 7.88. The Morgan fingerprint density at radius 2 is 2.06 bits per heavy atom. The van der Waals surface area contributed by atoms with Crippen LogP contribution >= 0.6 is 0 Å². The van der Waals surface area contributed by atoms with Crippen molar-refractivity contribution < 1.29 is 22.5 Å². The summed E-state index contributed by atoms with van der Waals surface area (Å²) in [4.78, 5) is 13.3. The smallest absolute Gasteiger partial charge is 0.410 e. The summed E-state index contributed by atoms with van der Waals surface area (Å²) in [5.74, 6) is 0. The number of likely N-dealkylation sites (tertiary alicyclic amines) is 1. The van der Waals surface area contributed by atoms with Crippen LogP contribution in [0.1, 0.15) is 33.6 Å². The maximum Gasteiger partial charge on any atom is 0.410 e. The van der Waals surface area contributed by atoms with Crippen LogP contribution in [0, 0.1) is 0 Å². The number of carbonyl (C=O) groups is 1. The number of carbonyl (C=O) groups excluding carboxylic acids is 1. The fraction of sp³-hybridized carbons (Fsp3) is 0.727. The van der Waals surface area contributed by atoms with E-state index in [1.54, 1.807) is 20.8 Å². The van der Waals surface area contributed by atoms with Crippen LogP contribution in [0.15, 0.2) is 11.5 Å². The van der Waals surface area contributed by atoms with Gasteiger partial charge in [0.25, 0.3) is 10.1 Å². The van der Waals surface area contributed by atoms with Crippen molar-refractivity contribution >= 4 is 16.2 Å². The topological polar surface area (TPSA) is 83.9 Å². The number of hydrogen-bond donors (Lipinski definition) is 1. The van der Waals surface area contributed by atoms with Crippen molar-refractivity contribution in [3.05, 3.63) is 11.5 Å². The van der Waals surface area contributed by atoms with Crippen LogP contribution in [0.2, 0.25) is 0 Å². The highest BCUT2D eigenvalue weighted by Crippen LogP contribution is 2.21. The second-order valence-electron chi connectivity index (χ2n) is 5.23. The average molecular weight is 277 g/mol. The lowest BCUT2D eigenvalue weighted by Gasteiger charge is -2.27. The summed E-state index contributed by atoms with van der Waals surface area (Å²) in [6, 6.07) is -0.346. The largest absolute Gasteiger partial charge is 0.444 e. The molecule has 6 nitrogen and oxygen atoms in total. The first kappa shape index (κ1) is 15.0. The molecule has 1 fully saturated rings. The normalized spacial score (nSPS) is 21.6. The highest BCUT2D eigenvalue weighted by atomic mass is 32.2. The molecule has 1 rings (SSSR count). The predicted octanol–water partition coefficient (Wildman–Crippen LogP) is 1.79. The van der Waals surface area contributed by atoms with Crippen LogP contribution in [0.25, 0.3) is 0 Å². The Morgan fingerprint density at radius 1 is 1.44 bits per heavy atom. The van der Waals surface area contributed by atoms with Crippen molar-refractivity contribution in [2.75, 3.05) is 6.54 Å². The lowest BCUT2D eigenvalue weighted by Crippen LogP contribution is -2.39. The fourth-order valence-corrected chi connectivity index (χ4v) is 2.11. The Kier molecular flexibility index (Phi) is 4.39. The maximum atomic E-state index is 11.9. The fourth-order valence-electron chi connectivity index (χ4n) is 1.73. The summed E-state index contributed by atoms with van der Waals surface area (Å²) >= 11 is 0. The third-order valence-corrected chi connectivity index (χ3v) is 2.90. The first-order valence-electron chi connectivity index (χ1n) is 5.74. The van der Waals surface area contributed by atoms with Crippen molar-refractivity contribution in [3.8, 4) is 0 Å². The molecule has 0 saturated carbocycles. The number of hydrogen-bond acceptors (Lipinski definition) is 4. The van der Waals surface area contributed by atoms with E-state index in [2.05, 4.69) is 0 Å². The van der Waals surface area contributed by atoms with Gasteiger partial charge in [0.1, 0.15) is 5.60 Å². The highest BCUT2D eigenvalue weighted by Gasteiger charge is 2.30. The molecule has 0 aromatic heterocycles. The lowest BCUT2D eigenvalue weighted by molar-refractivity contribution is 0.0256. The zero-order valence-electron chi connectivity index (χ0n) is 10.8. The molecule has 1 aliphatic heterocycles. The molecule has 18 heavy (non-hydrogen) atoms. The van der Waals surface area contributed by atoms with Crippen LogP contribution in [-0.4, -0.2) is 42.2 Å². The summed E-state index contributed by atoms with van der Waals surface area (Å²) in [5.41, 5.74) is -0.586. The van der Waals surface area contributed by atoms with E-state index in [-0.39, 0.29) is 6.04 Å². The van der Waals surface area contributed by atoms with Gasteiger partial charge in [-0.25, -0.2) is 4.79 Å². The summed E-state index contributed by atoms with van der Waals surface area (Å²) in [6.45, 7) is 5.83. The molecule has 0 unspecified atom stereocenters. The molecule has 1 N–H and O–H groups in total. The van der Waals surface area contributed by atoms with Gasteiger partial charge in [0.05, 0.1) is 11.4 Å². The van der Waals surface area contributed by atoms with Gasteiger partial charge in [-0.1, -0.05) is 0 Å². The Labute approximate surface area is 107 Å². The van der Waals surface area contributed by atoms with Gasteiger partial charge in [-0.2, -0.15) is 8.42 Å². The molecule has 1 saturated heterocycles. The minimum absolute atomic E-state index is 0.346. The molecule has 104 valence electrons. The second-order valence-corrected chi connectivity index (χ2v) is 6.53. The predicted molar refractivity (Wildman–Crippen MR) is 66.7 cm³/mol. The number of rotatable bonds is 2. The summed E-state index contributed by atoms with van der Waals surface area (Å²) in [6.07, 6.45) is 2.28. The van der Waals surface area contributed by atoms with Crippen LogP contribution in [0.4, 0.5) is 4.79 Å². The Balaban J connectivity index is 2.71. The van der Waals surface area contributed by atoms with Gasteiger partial charge < -0.3 is 9.64 Å². The molecule has 0 radical (unpaired) electrons. The summed E-state index contributed by atoms with van der Waals surface area (Å²) in [7, 11) is -4.16. The Bertz CT molecular complexity index is 435. The van der Waals surface area contributed by atoms with Gasteiger partial charge in [-0.15, -0.1) is 0 Å². The molecular weight excluding hydrogens is 258 g/mol. The van der Waals surface area contributed by atoms with Gasteiger partial charge >= 0.3 is 6.09 Å². The zero-order valence-corrected chi connectivity index (χ0v) is 11.6. The minimum Gasteiger partial charge on any atom is -0.444 e. The van der Waals surface area contributed by atoms with E-state index in [4.69, 9.17) is 9.29 Å². The standard InChI is InChI=1S/C11H19NO5S/c1-11(2,3)17-10(13)12-7-4-5-9(12)6-8-18(14,15)16/h6,8-9H,4-5,7H2,1-3H3,(H,14,15,16)/b8-6+/t9-/m1/s1. The van der Waals surface area contributed by atoms with E-state index in [0.29, 0.717) is 18.4 Å². The van der Waals surface area contributed by atoms with Gasteiger partial charge in [-0.3, -0.25) is 4.55 Å². The van der Waals surface area contributed by atoms with E-state index in [0.717, 1.165) is 6.42 Å². The molecule has 0 spiro atoms. The molecule has 1 amide bonds. The summed E-state index contributed by atoms with van der Waals surface area (Å²) in [5, 5.41) is 0.709. The average Bonchev–Trinajstić information content (AvgIpc) is 2.58. The van der Waals surface area contributed by atoms with E-state index in [9.17, 15) is 13.2 Å². The van der Waals surface area contributed by atoms with Crippen molar-refractivity contribution in [1.82, 2.24) is 4.90 Å². The van der Waals surface area contributed by atoms with E-state index in [1.807, 2.05) is 0 Å². The van der Waals surface area contributed by atoms with E-state index < -0.39 is 21.8 Å². The third kappa shape index (κ3) is 5.05. The zero-order chi connectivity index (χ0) is 14.0. The molecular formula is C11H19NO5S. The SMILES string of the molecule is CC(C)(C)OC(=O)N1CCC[C@@H]1/C=C/S(=O)(=O)O. The van der Waals surface area contributed by atoms with Crippen molar-refractivity contribution in [2.24, 2.45) is 0 Å². The molecule has 1 atom stereocenters. The van der Waals surface area contributed by atoms with Crippen molar-refractivity contribution in [3.63, 3.8) is 0 Å². The molecule has 0 aromatic rings. The molecule has 7 heteroatoms. The van der Waals surface area contributed by atoms with Crippen molar-refractivity contribution in [1.29, 1.82) is 0 Å². The number of ether oxygens (including phenoxy) is 1. The van der Waals surface area contributed by atoms with Crippen LogP contribution in [0.5, 0.6) is 0 Å². The van der Waals surface area contributed by atoms with Crippen LogP contribution in [0.3, 0.4) is 0 Å². The maximum absolute atomic E-state index is 11.9. The van der Waals surface area contributed by atoms with E-state index in [1.165, 1.54) is 11.0 Å². The third-order valence-electron chi connectivity index (χ3n) is 2.40. The first-order valence-corrected chi connectivity index (χ1v) is 7.24. The molecule has 1 heterocycles. The molecule has 0 aliphatic carbocycles. The molecule has 0 bridgehead atoms. The molecule has 1 aliphatic rings. The quantitative estimate of drug-likeness (QED) is 0.778. The monoisotopic (exact) mass is 277 g/mol. The summed E-state index contributed by atoms with van der Waals surface area (Å²) < 4.78 is 35.1. The lowest BCUT2D eigenvalue weighted by atomic mass is 10.2. The Morgan fingerprint density at radius 3 is 2.56 bits per heavy atom. The minimum atomic E-state index is -4.16.